The van der Waals surface area contributed by atoms with Crippen molar-refractivity contribution in [2.24, 2.45) is 0 Å². The monoisotopic (exact) mass is 490 g/mol. The van der Waals surface area contributed by atoms with Crippen molar-refractivity contribution in [3.63, 3.8) is 0 Å². The van der Waals surface area contributed by atoms with E-state index in [9.17, 15) is 14.0 Å². The Morgan fingerprint density at radius 1 is 1.13 bits per heavy atom. The lowest BCUT2D eigenvalue weighted by Crippen LogP contribution is -2.48. The number of carbonyl (C=O) groups is 2. The molecule has 0 unspecified atom stereocenters. The van der Waals surface area contributed by atoms with Gasteiger partial charge in [-0.25, -0.2) is 4.39 Å². The maximum Gasteiger partial charge on any atom is 0.242 e. The Balaban J connectivity index is 2.16. The van der Waals surface area contributed by atoms with E-state index in [4.69, 9.17) is 34.8 Å². The van der Waals surface area contributed by atoms with E-state index in [2.05, 4.69) is 5.32 Å². The van der Waals surface area contributed by atoms with E-state index in [1.165, 1.54) is 35.8 Å². The lowest BCUT2D eigenvalue weighted by molar-refractivity contribution is -0.139. The molecule has 0 radical (unpaired) electrons. The summed E-state index contributed by atoms with van der Waals surface area (Å²) in [6, 6.07) is 8.92. The first-order valence-corrected chi connectivity index (χ1v) is 11.5. The van der Waals surface area contributed by atoms with Crippen molar-refractivity contribution < 1.29 is 14.0 Å². The molecule has 0 fully saturated rings. The number of thioether (sulfide) groups is 1. The van der Waals surface area contributed by atoms with Gasteiger partial charge < -0.3 is 10.2 Å². The Kier molecular flexibility index (Phi) is 9.75. The molecule has 30 heavy (non-hydrogen) atoms. The minimum Gasteiger partial charge on any atom is -0.357 e. The Morgan fingerprint density at radius 2 is 1.87 bits per heavy atom. The number of nitrogens with one attached hydrogen (secondary N) is 1. The summed E-state index contributed by atoms with van der Waals surface area (Å²) in [6.45, 7) is 2.03. The Hall–Kier alpha value is -1.47. The van der Waals surface area contributed by atoms with Gasteiger partial charge in [0.25, 0.3) is 0 Å². The zero-order valence-corrected chi connectivity index (χ0v) is 19.6. The quantitative estimate of drug-likeness (QED) is 0.499. The minimum atomic E-state index is -0.644. The standard InChI is InChI=1S/C21H22Cl3FN2O2S/c1-3-19(21(29)26-2)27(10-13-7-8-16(23)17(24)9-13)20(28)12-30-11-14-15(22)5-4-6-18(14)25/h4-9,19H,3,10-12H2,1-2H3,(H,26,29)/t19-/m0/s1. The Bertz CT molecular complexity index is 894. The molecule has 2 aromatic carbocycles. The first kappa shape index (κ1) is 24.8. The number of nitrogens with zero attached hydrogens (tertiary/aromatic N) is 1. The molecule has 2 aromatic rings. The Morgan fingerprint density at radius 3 is 2.47 bits per heavy atom. The summed E-state index contributed by atoms with van der Waals surface area (Å²) in [5.74, 6) is -0.595. The van der Waals surface area contributed by atoms with E-state index in [1.807, 2.05) is 6.92 Å². The van der Waals surface area contributed by atoms with Gasteiger partial charge in [-0.3, -0.25) is 9.59 Å². The van der Waals surface area contributed by atoms with Gasteiger partial charge in [0.05, 0.1) is 15.8 Å². The molecular formula is C21H22Cl3FN2O2S. The summed E-state index contributed by atoms with van der Waals surface area (Å²) < 4.78 is 14.0. The normalized spacial score (nSPS) is 11.8. The number of benzene rings is 2. The molecule has 9 heteroatoms. The maximum atomic E-state index is 14.0. The summed E-state index contributed by atoms with van der Waals surface area (Å²) in [4.78, 5) is 26.9. The van der Waals surface area contributed by atoms with Gasteiger partial charge in [-0.1, -0.05) is 53.9 Å². The van der Waals surface area contributed by atoms with Gasteiger partial charge >= 0.3 is 0 Å². The molecule has 162 valence electrons. The van der Waals surface area contributed by atoms with E-state index in [0.29, 0.717) is 27.1 Å². The Labute approximate surface area is 195 Å². The molecule has 1 atom stereocenters. The van der Waals surface area contributed by atoms with Gasteiger partial charge in [0, 0.05) is 29.9 Å². The first-order valence-electron chi connectivity index (χ1n) is 9.24. The van der Waals surface area contributed by atoms with Crippen LogP contribution >= 0.6 is 46.6 Å². The summed E-state index contributed by atoms with van der Waals surface area (Å²) in [5.41, 5.74) is 1.11. The highest BCUT2D eigenvalue weighted by atomic mass is 35.5. The van der Waals surface area contributed by atoms with Crippen molar-refractivity contribution in [2.45, 2.75) is 31.7 Å². The van der Waals surface area contributed by atoms with Crippen molar-refractivity contribution >= 4 is 58.4 Å². The van der Waals surface area contributed by atoms with Crippen LogP contribution in [0.25, 0.3) is 0 Å². The van der Waals surface area contributed by atoms with Gasteiger partial charge in [-0.2, -0.15) is 0 Å². The van der Waals surface area contributed by atoms with Crippen LogP contribution in [0, 0.1) is 5.82 Å². The third-order valence-electron chi connectivity index (χ3n) is 4.50. The van der Waals surface area contributed by atoms with E-state index in [-0.39, 0.29) is 29.9 Å². The molecule has 0 aliphatic heterocycles. The summed E-state index contributed by atoms with van der Waals surface area (Å²) >= 11 is 19.4. The third-order valence-corrected chi connectivity index (χ3v) is 6.54. The second kappa shape index (κ2) is 11.8. The lowest BCUT2D eigenvalue weighted by Gasteiger charge is -2.30. The lowest BCUT2D eigenvalue weighted by atomic mass is 10.1. The molecule has 0 spiro atoms. The molecule has 0 aromatic heterocycles. The summed E-state index contributed by atoms with van der Waals surface area (Å²) in [6.07, 6.45) is 0.441. The molecule has 0 saturated carbocycles. The van der Waals surface area contributed by atoms with Gasteiger partial charge in [0.15, 0.2) is 0 Å². The topological polar surface area (TPSA) is 49.4 Å². The highest BCUT2D eigenvalue weighted by molar-refractivity contribution is 7.99. The zero-order valence-electron chi connectivity index (χ0n) is 16.6. The van der Waals surface area contributed by atoms with Crippen LogP contribution in [0.5, 0.6) is 0 Å². The van der Waals surface area contributed by atoms with Gasteiger partial charge in [0.2, 0.25) is 11.8 Å². The van der Waals surface area contributed by atoms with Crippen LogP contribution in [0.4, 0.5) is 4.39 Å². The molecule has 0 bridgehead atoms. The number of amides is 2. The molecule has 0 heterocycles. The fourth-order valence-corrected chi connectivity index (χ4v) is 4.48. The number of likely N-dealkylation sites (N-methyl/N-ethyl adjacent to an activating group) is 1. The number of halogens is 4. The van der Waals surface area contributed by atoms with Crippen molar-refractivity contribution in [3.8, 4) is 0 Å². The van der Waals surface area contributed by atoms with Crippen molar-refractivity contribution in [2.75, 3.05) is 12.8 Å². The smallest absolute Gasteiger partial charge is 0.242 e. The zero-order chi connectivity index (χ0) is 22.3. The molecule has 2 amide bonds. The van der Waals surface area contributed by atoms with E-state index in [0.717, 1.165) is 5.56 Å². The predicted molar refractivity (Wildman–Crippen MR) is 123 cm³/mol. The second-order valence-corrected chi connectivity index (χ2v) is 8.71. The molecular weight excluding hydrogens is 470 g/mol. The van der Waals surface area contributed by atoms with Gasteiger partial charge in [-0.05, 0) is 36.2 Å². The third kappa shape index (κ3) is 6.51. The average Bonchev–Trinajstić information content (AvgIpc) is 2.72. The van der Waals surface area contributed by atoms with Crippen molar-refractivity contribution in [1.82, 2.24) is 10.2 Å². The number of hydrogen-bond donors (Lipinski definition) is 1. The maximum absolute atomic E-state index is 14.0. The fourth-order valence-electron chi connectivity index (χ4n) is 2.91. The molecule has 0 saturated heterocycles. The molecule has 0 aliphatic carbocycles. The van der Waals surface area contributed by atoms with Crippen LogP contribution in [0.15, 0.2) is 36.4 Å². The molecule has 4 nitrogen and oxygen atoms in total. The van der Waals surface area contributed by atoms with E-state index in [1.54, 1.807) is 24.3 Å². The SMILES string of the molecule is CC[C@@H](C(=O)NC)N(Cc1ccc(Cl)c(Cl)c1)C(=O)CSCc1c(F)cccc1Cl. The first-order chi connectivity index (χ1) is 14.3. The van der Waals surface area contributed by atoms with Crippen LogP contribution in [-0.2, 0) is 21.9 Å². The number of carbonyl (C=O) groups excluding carboxylic acids is 2. The van der Waals surface area contributed by atoms with Gasteiger partial charge in [0.1, 0.15) is 11.9 Å². The largest absolute Gasteiger partial charge is 0.357 e. The van der Waals surface area contributed by atoms with Crippen LogP contribution < -0.4 is 5.32 Å². The number of hydrogen-bond acceptors (Lipinski definition) is 3. The molecule has 1 N–H and O–H groups in total. The van der Waals surface area contributed by atoms with Crippen molar-refractivity contribution in [3.05, 3.63) is 68.4 Å². The number of rotatable bonds is 9. The van der Waals surface area contributed by atoms with E-state index >= 15 is 0 Å². The highest BCUT2D eigenvalue weighted by Gasteiger charge is 2.28. The van der Waals surface area contributed by atoms with Crippen LogP contribution in [0.2, 0.25) is 15.1 Å². The summed E-state index contributed by atoms with van der Waals surface area (Å²) in [5, 5.41) is 3.70. The summed E-state index contributed by atoms with van der Waals surface area (Å²) in [7, 11) is 1.53. The van der Waals surface area contributed by atoms with E-state index < -0.39 is 11.9 Å². The molecule has 0 aliphatic rings. The van der Waals surface area contributed by atoms with Crippen LogP contribution in [-0.4, -0.2) is 35.6 Å². The highest BCUT2D eigenvalue weighted by Crippen LogP contribution is 2.26. The average molecular weight is 492 g/mol. The van der Waals surface area contributed by atoms with Gasteiger partial charge in [-0.15, -0.1) is 11.8 Å². The predicted octanol–water partition coefficient (Wildman–Crippen LogP) is 5.57. The molecule has 2 rings (SSSR count). The van der Waals surface area contributed by atoms with Crippen LogP contribution in [0.3, 0.4) is 0 Å². The second-order valence-electron chi connectivity index (χ2n) is 6.50. The van der Waals surface area contributed by atoms with Crippen molar-refractivity contribution in [1.29, 1.82) is 0 Å². The minimum absolute atomic E-state index is 0.0689. The van der Waals surface area contributed by atoms with Crippen LogP contribution in [0.1, 0.15) is 24.5 Å². The fraction of sp³-hybridized carbons (Fsp3) is 0.333.